The summed E-state index contributed by atoms with van der Waals surface area (Å²) in [4.78, 5) is 0. The molecule has 1 atom stereocenters. The minimum Gasteiger partial charge on any atom is -0.330 e. The Morgan fingerprint density at radius 1 is 0.750 bits per heavy atom. The van der Waals surface area contributed by atoms with Gasteiger partial charge in [-0.1, -0.05) is 26.2 Å². The van der Waals surface area contributed by atoms with E-state index >= 15 is 0 Å². The van der Waals surface area contributed by atoms with Crippen molar-refractivity contribution in [3.8, 4) is 0 Å². The largest absolute Gasteiger partial charge is 0.330 e. The van der Waals surface area contributed by atoms with Crippen molar-refractivity contribution in [1.29, 1.82) is 0 Å². The number of nitrogens with two attached hydrogens (primary N) is 2. The highest BCUT2D eigenvalue weighted by Crippen LogP contribution is 2.08. The van der Waals surface area contributed by atoms with Crippen LogP contribution in [-0.2, 0) is 0 Å². The first kappa shape index (κ1) is 19.8. The predicted molar refractivity (Wildman–Crippen MR) is 89.0 cm³/mol. The van der Waals surface area contributed by atoms with Gasteiger partial charge in [0.1, 0.15) is 0 Å². The molecule has 1 unspecified atom stereocenters. The van der Waals surface area contributed by atoms with Gasteiger partial charge in [0.05, 0.1) is 0 Å². The predicted octanol–water partition coefficient (Wildman–Crippen LogP) is 0.402. The Morgan fingerprint density at radius 2 is 1.40 bits per heavy atom. The highest BCUT2D eigenvalue weighted by molar-refractivity contribution is 4.68. The maximum Gasteiger partial charge on any atom is 0.00793 e. The highest BCUT2D eigenvalue weighted by Gasteiger charge is 2.06. The molecule has 0 spiro atoms. The first-order valence-corrected chi connectivity index (χ1v) is 8.40. The molecule has 0 radical (unpaired) electrons. The van der Waals surface area contributed by atoms with Crippen LogP contribution in [0.3, 0.4) is 0 Å². The average Bonchev–Trinajstić information content (AvgIpc) is 2.47. The van der Waals surface area contributed by atoms with E-state index in [9.17, 15) is 0 Å². The van der Waals surface area contributed by atoms with Gasteiger partial charge < -0.3 is 27.4 Å². The van der Waals surface area contributed by atoms with E-state index in [4.69, 9.17) is 11.5 Å². The fourth-order valence-corrected chi connectivity index (χ4v) is 2.23. The number of nitrogens with one attached hydrogen (secondary N) is 3. The summed E-state index contributed by atoms with van der Waals surface area (Å²) in [5.41, 5.74) is 11.0. The molecule has 0 bridgehead atoms. The molecular weight excluding hydrogens is 250 g/mol. The summed E-state index contributed by atoms with van der Waals surface area (Å²) in [5.74, 6) is 0. The molecule has 0 aliphatic rings. The van der Waals surface area contributed by atoms with Crippen LogP contribution in [0, 0.1) is 0 Å². The summed E-state index contributed by atoms with van der Waals surface area (Å²) in [7, 11) is 0. The Bertz CT molecular complexity index is 178. The van der Waals surface area contributed by atoms with Gasteiger partial charge in [-0.2, -0.15) is 0 Å². The van der Waals surface area contributed by atoms with Gasteiger partial charge in [0.2, 0.25) is 0 Å². The quantitative estimate of drug-likeness (QED) is 0.265. The second kappa shape index (κ2) is 16.9. The van der Waals surface area contributed by atoms with Gasteiger partial charge in [-0.25, -0.2) is 0 Å². The lowest BCUT2D eigenvalue weighted by molar-refractivity contribution is 0.421. The zero-order valence-corrected chi connectivity index (χ0v) is 13.4. The summed E-state index contributed by atoms with van der Waals surface area (Å²) in [6.45, 7) is 8.77. The van der Waals surface area contributed by atoms with Gasteiger partial charge >= 0.3 is 0 Å². The summed E-state index contributed by atoms with van der Waals surface area (Å²) in [6, 6.07) is 0.665. The highest BCUT2D eigenvalue weighted by atomic mass is 15.0. The summed E-state index contributed by atoms with van der Waals surface area (Å²) in [5, 5.41) is 10.4. The summed E-state index contributed by atoms with van der Waals surface area (Å²) in [6.07, 6.45) is 7.54. The normalized spacial score (nSPS) is 12.8. The smallest absolute Gasteiger partial charge is 0.00793 e. The molecule has 20 heavy (non-hydrogen) atoms. The van der Waals surface area contributed by atoms with Crippen molar-refractivity contribution in [2.45, 2.75) is 51.5 Å². The molecule has 0 saturated carbocycles. The van der Waals surface area contributed by atoms with Crippen molar-refractivity contribution in [3.05, 3.63) is 0 Å². The Labute approximate surface area is 125 Å². The topological polar surface area (TPSA) is 88.1 Å². The molecule has 5 heteroatoms. The molecule has 0 aromatic heterocycles. The Balaban J connectivity index is 3.46. The van der Waals surface area contributed by atoms with Crippen molar-refractivity contribution in [3.63, 3.8) is 0 Å². The molecule has 7 N–H and O–H groups in total. The molecule has 0 rings (SSSR count). The Morgan fingerprint density at radius 3 is 2.05 bits per heavy atom. The molecule has 0 saturated heterocycles. The molecular formula is C15H37N5. The third kappa shape index (κ3) is 14.2. The van der Waals surface area contributed by atoms with E-state index < -0.39 is 0 Å². The van der Waals surface area contributed by atoms with Gasteiger partial charge in [0, 0.05) is 45.3 Å². The fourth-order valence-electron chi connectivity index (χ4n) is 2.23. The average molecular weight is 287 g/mol. The molecule has 5 nitrogen and oxygen atoms in total. The monoisotopic (exact) mass is 287 g/mol. The fraction of sp³-hybridized carbons (Fsp3) is 1.00. The SMILES string of the molecule is CCCCC(CCCCN)NCCNCCNCCN. The van der Waals surface area contributed by atoms with Crippen LogP contribution in [0.25, 0.3) is 0 Å². The Kier molecular flexibility index (Phi) is 16.7. The first-order valence-electron chi connectivity index (χ1n) is 8.40. The van der Waals surface area contributed by atoms with Crippen LogP contribution in [0.15, 0.2) is 0 Å². The zero-order valence-electron chi connectivity index (χ0n) is 13.4. The molecule has 0 aromatic carbocycles. The van der Waals surface area contributed by atoms with Crippen molar-refractivity contribution in [2.75, 3.05) is 45.8 Å². The first-order chi connectivity index (χ1) is 9.85. The third-order valence-corrected chi connectivity index (χ3v) is 3.45. The minimum absolute atomic E-state index is 0.665. The number of hydrogen-bond acceptors (Lipinski definition) is 5. The van der Waals surface area contributed by atoms with Gasteiger partial charge in [0.15, 0.2) is 0 Å². The van der Waals surface area contributed by atoms with Gasteiger partial charge in [-0.15, -0.1) is 0 Å². The van der Waals surface area contributed by atoms with Gasteiger partial charge in [-0.05, 0) is 25.8 Å². The number of unbranched alkanes of at least 4 members (excludes halogenated alkanes) is 2. The zero-order chi connectivity index (χ0) is 14.9. The van der Waals surface area contributed by atoms with Crippen molar-refractivity contribution >= 4 is 0 Å². The Hall–Kier alpha value is -0.200. The summed E-state index contributed by atoms with van der Waals surface area (Å²) >= 11 is 0. The van der Waals surface area contributed by atoms with Crippen LogP contribution in [0.1, 0.15) is 45.4 Å². The van der Waals surface area contributed by atoms with Crippen LogP contribution in [0.5, 0.6) is 0 Å². The molecule has 0 aliphatic carbocycles. The van der Waals surface area contributed by atoms with E-state index in [0.29, 0.717) is 12.6 Å². The van der Waals surface area contributed by atoms with E-state index in [1.165, 1.54) is 32.1 Å². The van der Waals surface area contributed by atoms with Crippen molar-refractivity contribution in [2.24, 2.45) is 11.5 Å². The van der Waals surface area contributed by atoms with E-state index in [0.717, 1.165) is 45.7 Å². The number of hydrogen-bond donors (Lipinski definition) is 5. The maximum absolute atomic E-state index is 5.56. The van der Waals surface area contributed by atoms with Crippen LogP contribution < -0.4 is 27.4 Å². The molecule has 0 amide bonds. The molecule has 0 heterocycles. The van der Waals surface area contributed by atoms with Crippen LogP contribution in [0.2, 0.25) is 0 Å². The van der Waals surface area contributed by atoms with Crippen molar-refractivity contribution < 1.29 is 0 Å². The van der Waals surface area contributed by atoms with E-state index in [2.05, 4.69) is 22.9 Å². The van der Waals surface area contributed by atoms with Gasteiger partial charge in [-0.3, -0.25) is 0 Å². The molecule has 0 aliphatic heterocycles. The number of rotatable bonds is 16. The second-order valence-corrected chi connectivity index (χ2v) is 5.37. The lowest BCUT2D eigenvalue weighted by Gasteiger charge is -2.18. The van der Waals surface area contributed by atoms with Crippen LogP contribution in [0.4, 0.5) is 0 Å². The summed E-state index contributed by atoms with van der Waals surface area (Å²) < 4.78 is 0. The van der Waals surface area contributed by atoms with Crippen molar-refractivity contribution in [1.82, 2.24) is 16.0 Å². The lowest BCUT2D eigenvalue weighted by atomic mass is 10.0. The second-order valence-electron chi connectivity index (χ2n) is 5.37. The lowest BCUT2D eigenvalue weighted by Crippen LogP contribution is -2.37. The van der Waals surface area contributed by atoms with Crippen LogP contribution >= 0.6 is 0 Å². The van der Waals surface area contributed by atoms with Crippen LogP contribution in [-0.4, -0.2) is 51.9 Å². The third-order valence-electron chi connectivity index (χ3n) is 3.45. The molecule has 122 valence electrons. The standard InChI is InChI=1S/C15H37N5/c1-2-3-6-15(7-4-5-8-16)20-14-13-19-12-11-18-10-9-17/h15,18-20H,2-14,16-17H2,1H3. The van der Waals surface area contributed by atoms with E-state index in [-0.39, 0.29) is 0 Å². The van der Waals surface area contributed by atoms with Gasteiger partial charge in [0.25, 0.3) is 0 Å². The molecule has 0 aromatic rings. The van der Waals surface area contributed by atoms with E-state index in [1.807, 2.05) is 0 Å². The molecule has 0 fully saturated rings. The minimum atomic E-state index is 0.665. The van der Waals surface area contributed by atoms with E-state index in [1.54, 1.807) is 0 Å². The maximum atomic E-state index is 5.56.